The highest BCUT2D eigenvalue weighted by atomic mass is 35.5. The molecule has 0 N–H and O–H groups in total. The van der Waals surface area contributed by atoms with Gasteiger partial charge < -0.3 is 4.74 Å². The third-order valence-corrected chi connectivity index (χ3v) is 3.33. The van der Waals surface area contributed by atoms with Crippen molar-refractivity contribution in [2.45, 2.75) is 24.1 Å². The molecule has 0 saturated carbocycles. The van der Waals surface area contributed by atoms with Crippen LogP contribution in [-0.4, -0.2) is 30.0 Å². The molecule has 1 rings (SSSR count). The third-order valence-electron chi connectivity index (χ3n) is 2.35. The number of thioether (sulfide) groups is 1. The van der Waals surface area contributed by atoms with Gasteiger partial charge in [-0.05, 0) is 32.2 Å². The molecule has 0 aromatic heterocycles. The number of hydrogen-bond acceptors (Lipinski definition) is 4. The van der Waals surface area contributed by atoms with Crippen LogP contribution in [0.5, 0.6) is 0 Å². The molecule has 0 aliphatic heterocycles. The van der Waals surface area contributed by atoms with Crippen LogP contribution in [0.1, 0.15) is 34.6 Å². The highest BCUT2D eigenvalue weighted by Crippen LogP contribution is 2.26. The first kappa shape index (κ1) is 15.1. The molecule has 0 radical (unpaired) electrons. The molecule has 0 spiro atoms. The number of halogens is 1. The van der Waals surface area contributed by atoms with Gasteiger partial charge in [0, 0.05) is 10.5 Å². The minimum Gasteiger partial charge on any atom is -0.462 e. The predicted octanol–water partition coefficient (Wildman–Crippen LogP) is 3.40. The summed E-state index contributed by atoms with van der Waals surface area (Å²) in [7, 11) is 0. The van der Waals surface area contributed by atoms with Crippen LogP contribution >= 0.6 is 23.4 Å². The fraction of sp³-hybridized carbons (Fsp3) is 0.385. The molecule has 0 heterocycles. The first-order valence-corrected chi connectivity index (χ1v) is 7.21. The van der Waals surface area contributed by atoms with Gasteiger partial charge in [-0.1, -0.05) is 6.07 Å². The van der Waals surface area contributed by atoms with E-state index in [1.54, 1.807) is 32.0 Å². The molecule has 0 aliphatic rings. The van der Waals surface area contributed by atoms with Gasteiger partial charge in [0.1, 0.15) is 0 Å². The maximum absolute atomic E-state index is 12.1. The standard InChI is InChI=1S/C13H15ClO3S/c1-4-17-13(16)9-6-5-7-10(18-3)11(9)12(15)8(2)14/h5-8H,4H2,1-3H3. The molecule has 18 heavy (non-hydrogen) atoms. The molecule has 3 nitrogen and oxygen atoms in total. The number of benzene rings is 1. The van der Waals surface area contributed by atoms with Crippen molar-refractivity contribution < 1.29 is 14.3 Å². The van der Waals surface area contributed by atoms with Gasteiger partial charge in [0.25, 0.3) is 0 Å². The fourth-order valence-electron chi connectivity index (χ4n) is 1.53. The van der Waals surface area contributed by atoms with E-state index in [1.165, 1.54) is 11.8 Å². The van der Waals surface area contributed by atoms with Gasteiger partial charge in [-0.3, -0.25) is 4.79 Å². The monoisotopic (exact) mass is 286 g/mol. The van der Waals surface area contributed by atoms with E-state index in [4.69, 9.17) is 16.3 Å². The summed E-state index contributed by atoms with van der Waals surface area (Å²) in [6.07, 6.45) is 1.85. The number of ketones is 1. The minimum absolute atomic E-state index is 0.260. The van der Waals surface area contributed by atoms with Crippen molar-refractivity contribution in [3.63, 3.8) is 0 Å². The Bertz CT molecular complexity index is 458. The van der Waals surface area contributed by atoms with Crippen LogP contribution in [-0.2, 0) is 4.74 Å². The topological polar surface area (TPSA) is 43.4 Å². The van der Waals surface area contributed by atoms with Gasteiger partial charge in [-0.15, -0.1) is 23.4 Å². The predicted molar refractivity (Wildman–Crippen MR) is 73.8 cm³/mol. The SMILES string of the molecule is CCOC(=O)c1cccc(SC)c1C(=O)C(C)Cl. The number of carbonyl (C=O) groups is 2. The number of esters is 1. The van der Waals surface area contributed by atoms with Crippen LogP contribution in [0.3, 0.4) is 0 Å². The summed E-state index contributed by atoms with van der Waals surface area (Å²) < 4.78 is 4.95. The molecule has 5 heteroatoms. The summed E-state index contributed by atoms with van der Waals surface area (Å²) in [5, 5.41) is -0.675. The van der Waals surface area contributed by atoms with E-state index in [0.29, 0.717) is 5.56 Å². The zero-order valence-corrected chi connectivity index (χ0v) is 12.1. The summed E-state index contributed by atoms with van der Waals surface area (Å²) in [6.45, 7) is 3.59. The second-order valence-electron chi connectivity index (χ2n) is 3.58. The average molecular weight is 287 g/mol. The molecular formula is C13H15ClO3S. The number of rotatable bonds is 5. The number of hydrogen-bond donors (Lipinski definition) is 0. The first-order valence-electron chi connectivity index (χ1n) is 5.55. The van der Waals surface area contributed by atoms with E-state index in [1.807, 2.05) is 6.26 Å². The Labute approximate surface area is 116 Å². The summed E-state index contributed by atoms with van der Waals surface area (Å²) in [6, 6.07) is 5.11. The van der Waals surface area contributed by atoms with Gasteiger partial charge in [-0.2, -0.15) is 0 Å². The molecule has 0 fully saturated rings. The summed E-state index contributed by atoms with van der Waals surface area (Å²) in [5.74, 6) is -0.751. The van der Waals surface area contributed by atoms with Gasteiger partial charge >= 0.3 is 5.97 Å². The van der Waals surface area contributed by atoms with E-state index in [0.717, 1.165) is 4.90 Å². The second-order valence-corrected chi connectivity index (χ2v) is 5.09. The largest absolute Gasteiger partial charge is 0.462 e. The molecular weight excluding hydrogens is 272 g/mol. The number of Topliss-reactive ketones (excluding diaryl/α,β-unsaturated/α-hetero) is 1. The van der Waals surface area contributed by atoms with Crippen LogP contribution in [0.4, 0.5) is 0 Å². The van der Waals surface area contributed by atoms with Crippen molar-refractivity contribution in [2.24, 2.45) is 0 Å². The Balaban J connectivity index is 3.33. The highest BCUT2D eigenvalue weighted by Gasteiger charge is 2.24. The van der Waals surface area contributed by atoms with Crippen LogP contribution in [0, 0.1) is 0 Å². The van der Waals surface area contributed by atoms with Crippen molar-refractivity contribution in [2.75, 3.05) is 12.9 Å². The van der Waals surface area contributed by atoms with Crippen molar-refractivity contribution >= 4 is 35.1 Å². The summed E-state index contributed by atoms with van der Waals surface area (Å²) in [4.78, 5) is 24.7. The van der Waals surface area contributed by atoms with Crippen molar-refractivity contribution in [1.29, 1.82) is 0 Å². The average Bonchev–Trinajstić information content (AvgIpc) is 2.37. The van der Waals surface area contributed by atoms with E-state index in [2.05, 4.69) is 0 Å². The smallest absolute Gasteiger partial charge is 0.338 e. The van der Waals surface area contributed by atoms with Crippen LogP contribution < -0.4 is 0 Å². The molecule has 0 bridgehead atoms. The van der Waals surface area contributed by atoms with Crippen molar-refractivity contribution in [1.82, 2.24) is 0 Å². The van der Waals surface area contributed by atoms with Gasteiger partial charge in [-0.25, -0.2) is 4.79 Å². The Hall–Kier alpha value is -1.00. The molecule has 0 aliphatic carbocycles. The van der Waals surface area contributed by atoms with E-state index in [-0.39, 0.29) is 18.0 Å². The number of alkyl halides is 1. The zero-order valence-electron chi connectivity index (χ0n) is 10.5. The van der Waals surface area contributed by atoms with Crippen LogP contribution in [0.25, 0.3) is 0 Å². The zero-order chi connectivity index (χ0) is 13.7. The number of ether oxygens (including phenoxy) is 1. The fourth-order valence-corrected chi connectivity index (χ4v) is 2.27. The van der Waals surface area contributed by atoms with E-state index in [9.17, 15) is 9.59 Å². The van der Waals surface area contributed by atoms with Crippen molar-refractivity contribution in [3.05, 3.63) is 29.3 Å². The Kier molecular flexibility index (Phi) is 5.69. The highest BCUT2D eigenvalue weighted by molar-refractivity contribution is 7.98. The van der Waals surface area contributed by atoms with E-state index < -0.39 is 11.3 Å². The van der Waals surface area contributed by atoms with Gasteiger partial charge in [0.15, 0.2) is 5.78 Å². The quantitative estimate of drug-likeness (QED) is 0.360. The lowest BCUT2D eigenvalue weighted by Crippen LogP contribution is -2.18. The maximum Gasteiger partial charge on any atom is 0.338 e. The number of carbonyl (C=O) groups excluding carboxylic acids is 2. The first-order chi connectivity index (χ1) is 8.52. The summed E-state index contributed by atoms with van der Waals surface area (Å²) >= 11 is 7.24. The second kappa shape index (κ2) is 6.81. The molecule has 0 amide bonds. The third kappa shape index (κ3) is 3.27. The lowest BCUT2D eigenvalue weighted by Gasteiger charge is -2.12. The summed E-state index contributed by atoms with van der Waals surface area (Å²) in [5.41, 5.74) is 0.632. The van der Waals surface area contributed by atoms with Crippen LogP contribution in [0.2, 0.25) is 0 Å². The van der Waals surface area contributed by atoms with Gasteiger partial charge in [0.2, 0.25) is 0 Å². The molecule has 1 atom stereocenters. The van der Waals surface area contributed by atoms with Crippen molar-refractivity contribution in [3.8, 4) is 0 Å². The van der Waals surface area contributed by atoms with Gasteiger partial charge in [0.05, 0.1) is 17.5 Å². The Morgan fingerprint density at radius 1 is 1.44 bits per heavy atom. The molecule has 98 valence electrons. The lowest BCUT2D eigenvalue weighted by molar-refractivity contribution is 0.0522. The molecule has 1 aromatic rings. The lowest BCUT2D eigenvalue weighted by atomic mass is 10.0. The molecule has 1 unspecified atom stereocenters. The molecule has 1 aromatic carbocycles. The maximum atomic E-state index is 12.1. The normalized spacial score (nSPS) is 12.0. The Morgan fingerprint density at radius 2 is 2.11 bits per heavy atom. The van der Waals surface area contributed by atoms with Crippen LogP contribution in [0.15, 0.2) is 23.1 Å². The minimum atomic E-state index is -0.675. The molecule has 0 saturated heterocycles. The Morgan fingerprint density at radius 3 is 2.61 bits per heavy atom. The van der Waals surface area contributed by atoms with E-state index >= 15 is 0 Å².